The number of amides is 1. The Hall–Kier alpha value is -2.17. The minimum Gasteiger partial charge on any atom is -0.444 e. The summed E-state index contributed by atoms with van der Waals surface area (Å²) < 4.78 is 18.0. The van der Waals surface area contributed by atoms with Gasteiger partial charge in [-0.3, -0.25) is 4.79 Å². The highest BCUT2D eigenvalue weighted by Gasteiger charge is 2.24. The van der Waals surface area contributed by atoms with Gasteiger partial charge in [0.15, 0.2) is 5.78 Å². The minimum absolute atomic E-state index is 0.259. The summed E-state index contributed by atoms with van der Waals surface area (Å²) in [5.74, 6) is -0.743. The van der Waals surface area contributed by atoms with Crippen molar-refractivity contribution in [2.24, 2.45) is 0 Å². The molecule has 4 nitrogen and oxygen atoms in total. The summed E-state index contributed by atoms with van der Waals surface area (Å²) in [6.45, 7) is 8.77. The average molecular weight is 293 g/mol. The molecule has 1 aromatic rings. The van der Waals surface area contributed by atoms with E-state index in [0.29, 0.717) is 5.56 Å². The second-order valence-corrected chi connectivity index (χ2v) is 5.59. The van der Waals surface area contributed by atoms with Crippen LogP contribution in [0, 0.1) is 5.82 Å². The first-order valence-corrected chi connectivity index (χ1v) is 6.63. The molecule has 0 aliphatic carbocycles. The maximum absolute atomic E-state index is 12.9. The maximum atomic E-state index is 12.9. The Labute approximate surface area is 124 Å². The number of carbonyl (C=O) groups is 2. The molecule has 0 spiro atoms. The number of ketones is 1. The van der Waals surface area contributed by atoms with Crippen LogP contribution in [0.15, 0.2) is 36.9 Å². The molecule has 0 heterocycles. The van der Waals surface area contributed by atoms with E-state index in [2.05, 4.69) is 11.9 Å². The second kappa shape index (κ2) is 7.02. The molecule has 0 fully saturated rings. The molecular formula is C16H20FNO3. The maximum Gasteiger partial charge on any atom is 0.408 e. The Balaban J connectivity index is 2.81. The largest absolute Gasteiger partial charge is 0.444 e. The van der Waals surface area contributed by atoms with Crippen LogP contribution in [0.5, 0.6) is 0 Å². The zero-order valence-corrected chi connectivity index (χ0v) is 12.5. The predicted octanol–water partition coefficient (Wildman–Crippen LogP) is 3.48. The first kappa shape index (κ1) is 16.9. The lowest BCUT2D eigenvalue weighted by molar-refractivity contribution is 0.0492. The summed E-state index contributed by atoms with van der Waals surface area (Å²) in [5, 5.41) is 2.51. The molecule has 1 atom stereocenters. The van der Waals surface area contributed by atoms with Crippen molar-refractivity contribution in [3.63, 3.8) is 0 Å². The van der Waals surface area contributed by atoms with Crippen molar-refractivity contribution in [2.75, 3.05) is 0 Å². The highest BCUT2D eigenvalue weighted by molar-refractivity contribution is 6.01. The Morgan fingerprint density at radius 2 is 1.90 bits per heavy atom. The van der Waals surface area contributed by atoms with Gasteiger partial charge in [0.05, 0.1) is 6.04 Å². The summed E-state index contributed by atoms with van der Waals surface area (Å²) >= 11 is 0. The molecule has 0 saturated carbocycles. The quantitative estimate of drug-likeness (QED) is 0.668. The van der Waals surface area contributed by atoms with Crippen LogP contribution in [0.3, 0.4) is 0 Å². The molecule has 0 bridgehead atoms. The molecule has 0 radical (unpaired) electrons. The Morgan fingerprint density at radius 1 is 1.33 bits per heavy atom. The number of Topliss-reactive ketones (excluding diaryl/α,β-unsaturated/α-hetero) is 1. The van der Waals surface area contributed by atoms with Gasteiger partial charge in [-0.2, -0.15) is 0 Å². The van der Waals surface area contributed by atoms with Crippen molar-refractivity contribution in [2.45, 2.75) is 38.8 Å². The van der Waals surface area contributed by atoms with Crippen LogP contribution < -0.4 is 5.32 Å². The lowest BCUT2D eigenvalue weighted by atomic mass is 10.0. The number of rotatable bonds is 5. The van der Waals surface area contributed by atoms with Crippen LogP contribution in [0.2, 0.25) is 0 Å². The standard InChI is InChI=1S/C16H20FNO3/c1-5-6-13(18-15(20)21-16(2,3)4)14(19)11-7-9-12(17)10-8-11/h5,7-10,13H,1,6H2,2-4H3,(H,18,20). The molecule has 5 heteroatoms. The number of ether oxygens (including phenoxy) is 1. The average Bonchev–Trinajstić information content (AvgIpc) is 2.36. The van der Waals surface area contributed by atoms with E-state index in [4.69, 9.17) is 4.74 Å². The fourth-order valence-electron chi connectivity index (χ4n) is 1.66. The Kier molecular flexibility index (Phi) is 5.64. The van der Waals surface area contributed by atoms with E-state index in [1.165, 1.54) is 30.3 Å². The van der Waals surface area contributed by atoms with Gasteiger partial charge in [-0.1, -0.05) is 6.08 Å². The van der Waals surface area contributed by atoms with Crippen molar-refractivity contribution in [3.05, 3.63) is 48.3 Å². The van der Waals surface area contributed by atoms with Gasteiger partial charge in [0, 0.05) is 5.56 Å². The van der Waals surface area contributed by atoms with Gasteiger partial charge in [0.25, 0.3) is 0 Å². The zero-order chi connectivity index (χ0) is 16.0. The highest BCUT2D eigenvalue weighted by Crippen LogP contribution is 2.11. The molecule has 1 aromatic carbocycles. The monoisotopic (exact) mass is 293 g/mol. The van der Waals surface area contributed by atoms with E-state index in [1.807, 2.05) is 0 Å². The van der Waals surface area contributed by atoms with E-state index in [-0.39, 0.29) is 12.2 Å². The first-order valence-electron chi connectivity index (χ1n) is 6.63. The van der Waals surface area contributed by atoms with Crippen LogP contribution >= 0.6 is 0 Å². The molecule has 0 aliphatic heterocycles. The predicted molar refractivity (Wildman–Crippen MR) is 78.7 cm³/mol. The lowest BCUT2D eigenvalue weighted by Crippen LogP contribution is -2.43. The number of nitrogens with one attached hydrogen (secondary N) is 1. The number of alkyl carbamates (subject to hydrolysis) is 1. The molecule has 1 N–H and O–H groups in total. The third-order valence-electron chi connectivity index (χ3n) is 2.54. The zero-order valence-electron chi connectivity index (χ0n) is 12.5. The molecule has 0 aromatic heterocycles. The molecule has 21 heavy (non-hydrogen) atoms. The first-order chi connectivity index (χ1) is 9.73. The second-order valence-electron chi connectivity index (χ2n) is 5.59. The van der Waals surface area contributed by atoms with E-state index in [0.717, 1.165) is 0 Å². The Morgan fingerprint density at radius 3 is 2.38 bits per heavy atom. The van der Waals surface area contributed by atoms with E-state index >= 15 is 0 Å². The summed E-state index contributed by atoms with van der Waals surface area (Å²) in [6, 6.07) is 4.37. The molecule has 0 saturated heterocycles. The van der Waals surface area contributed by atoms with Gasteiger partial charge < -0.3 is 10.1 Å². The summed E-state index contributed by atoms with van der Waals surface area (Å²) in [4.78, 5) is 24.1. The molecule has 1 unspecified atom stereocenters. The third kappa shape index (κ3) is 5.77. The summed E-state index contributed by atoms with van der Waals surface area (Å²) in [6.07, 6.45) is 1.11. The van der Waals surface area contributed by atoms with Gasteiger partial charge in [-0.15, -0.1) is 6.58 Å². The van der Waals surface area contributed by atoms with Gasteiger partial charge in [-0.05, 0) is 51.5 Å². The van der Waals surface area contributed by atoms with Crippen molar-refractivity contribution in [3.8, 4) is 0 Å². The summed E-state index contributed by atoms with van der Waals surface area (Å²) in [5.41, 5.74) is -0.332. The third-order valence-corrected chi connectivity index (χ3v) is 2.54. The van der Waals surface area contributed by atoms with Crippen LogP contribution in [-0.4, -0.2) is 23.5 Å². The Bertz CT molecular complexity index is 517. The fourth-order valence-corrected chi connectivity index (χ4v) is 1.66. The van der Waals surface area contributed by atoms with E-state index < -0.39 is 23.6 Å². The van der Waals surface area contributed by atoms with Crippen molar-refractivity contribution in [1.82, 2.24) is 5.32 Å². The molecule has 114 valence electrons. The minimum atomic E-state index is -0.789. The van der Waals surface area contributed by atoms with Gasteiger partial charge in [0.1, 0.15) is 11.4 Å². The van der Waals surface area contributed by atoms with Crippen molar-refractivity contribution >= 4 is 11.9 Å². The molecule has 1 amide bonds. The van der Waals surface area contributed by atoms with Crippen LogP contribution in [0.1, 0.15) is 37.6 Å². The topological polar surface area (TPSA) is 55.4 Å². The molecule has 1 rings (SSSR count). The van der Waals surface area contributed by atoms with Crippen LogP contribution in [-0.2, 0) is 4.74 Å². The number of halogens is 1. The normalized spacial score (nSPS) is 12.4. The van der Waals surface area contributed by atoms with Crippen molar-refractivity contribution in [1.29, 1.82) is 0 Å². The molecule has 0 aliphatic rings. The summed E-state index contributed by atoms with van der Waals surface area (Å²) in [7, 11) is 0. The van der Waals surface area contributed by atoms with Gasteiger partial charge in [0.2, 0.25) is 0 Å². The molecular weight excluding hydrogens is 273 g/mol. The van der Waals surface area contributed by atoms with Gasteiger partial charge >= 0.3 is 6.09 Å². The van der Waals surface area contributed by atoms with Crippen LogP contribution in [0.4, 0.5) is 9.18 Å². The number of hydrogen-bond donors (Lipinski definition) is 1. The van der Waals surface area contributed by atoms with E-state index in [1.54, 1.807) is 20.8 Å². The lowest BCUT2D eigenvalue weighted by Gasteiger charge is -2.22. The highest BCUT2D eigenvalue weighted by atomic mass is 19.1. The fraction of sp³-hybridized carbons (Fsp3) is 0.375. The van der Waals surface area contributed by atoms with Crippen LogP contribution in [0.25, 0.3) is 0 Å². The van der Waals surface area contributed by atoms with Gasteiger partial charge in [-0.25, -0.2) is 9.18 Å². The number of carbonyl (C=O) groups excluding carboxylic acids is 2. The smallest absolute Gasteiger partial charge is 0.408 e. The number of benzene rings is 1. The van der Waals surface area contributed by atoms with Crippen molar-refractivity contribution < 1.29 is 18.7 Å². The number of hydrogen-bond acceptors (Lipinski definition) is 3. The van der Waals surface area contributed by atoms with E-state index in [9.17, 15) is 14.0 Å². The SMILES string of the molecule is C=CCC(NC(=O)OC(C)(C)C)C(=O)c1ccc(F)cc1.